The number of ether oxygens (including phenoxy) is 2. The predicted octanol–water partition coefficient (Wildman–Crippen LogP) is 6.77. The average molecular weight is 737 g/mol. The molecule has 0 bridgehead atoms. The molecule has 0 aromatic heterocycles. The van der Waals surface area contributed by atoms with Gasteiger partial charge in [-0.1, -0.05) is 38.1 Å². The molecule has 2 aliphatic rings. The lowest BCUT2D eigenvalue weighted by Gasteiger charge is -2.39. The minimum atomic E-state index is -0.679. The summed E-state index contributed by atoms with van der Waals surface area (Å²) in [6.45, 7) is 13.7. The quantitative estimate of drug-likeness (QED) is 0.0992. The SMILES string of the molecule is CC(C)(O)CN1CCCC(Oc2ccc(C(=O)Nc3ccccc3N)cc2)CC1.CC(C)CN1CC(Oc2ccc(C(=O)Nc3ccccc3N)cc2)C1. The number of amides is 2. The van der Waals surface area contributed by atoms with Gasteiger partial charge < -0.3 is 41.6 Å². The van der Waals surface area contributed by atoms with E-state index in [0.717, 1.165) is 63.5 Å². The number of hydrogen-bond acceptors (Lipinski definition) is 9. The number of para-hydroxylation sites is 4. The maximum atomic E-state index is 12.4. The van der Waals surface area contributed by atoms with Gasteiger partial charge in [0.1, 0.15) is 17.6 Å². The van der Waals surface area contributed by atoms with Crippen LogP contribution in [0, 0.1) is 5.92 Å². The zero-order valence-electron chi connectivity index (χ0n) is 32.0. The Balaban J connectivity index is 0.000000210. The molecule has 2 amide bonds. The molecule has 2 heterocycles. The average Bonchev–Trinajstić information content (AvgIpc) is 3.33. The van der Waals surface area contributed by atoms with E-state index in [9.17, 15) is 14.7 Å². The Morgan fingerprint density at radius 3 is 1.67 bits per heavy atom. The van der Waals surface area contributed by atoms with Crippen molar-refractivity contribution in [2.45, 2.75) is 64.8 Å². The van der Waals surface area contributed by atoms with Gasteiger partial charge in [0.25, 0.3) is 11.8 Å². The molecule has 2 fully saturated rings. The summed E-state index contributed by atoms with van der Waals surface area (Å²) >= 11 is 0. The van der Waals surface area contributed by atoms with Crippen molar-refractivity contribution < 1.29 is 24.2 Å². The van der Waals surface area contributed by atoms with Gasteiger partial charge in [0.15, 0.2) is 0 Å². The van der Waals surface area contributed by atoms with Crippen LogP contribution in [0.2, 0.25) is 0 Å². The van der Waals surface area contributed by atoms with Gasteiger partial charge >= 0.3 is 0 Å². The molecule has 11 nitrogen and oxygen atoms in total. The van der Waals surface area contributed by atoms with Crippen LogP contribution in [0.1, 0.15) is 67.7 Å². The molecule has 0 saturated carbocycles. The third-order valence-electron chi connectivity index (χ3n) is 9.18. The molecule has 2 aliphatic heterocycles. The van der Waals surface area contributed by atoms with Crippen molar-refractivity contribution in [3.8, 4) is 11.5 Å². The van der Waals surface area contributed by atoms with Crippen LogP contribution >= 0.6 is 0 Å². The third kappa shape index (κ3) is 12.5. The molecule has 4 aromatic carbocycles. The summed E-state index contributed by atoms with van der Waals surface area (Å²) in [5.41, 5.74) is 14.5. The van der Waals surface area contributed by atoms with Crippen molar-refractivity contribution in [2.75, 3.05) is 61.4 Å². The van der Waals surface area contributed by atoms with Crippen molar-refractivity contribution in [1.29, 1.82) is 0 Å². The van der Waals surface area contributed by atoms with Gasteiger partial charge in [-0.2, -0.15) is 0 Å². The van der Waals surface area contributed by atoms with Crippen molar-refractivity contribution in [3.63, 3.8) is 0 Å². The minimum Gasteiger partial charge on any atom is -0.490 e. The summed E-state index contributed by atoms with van der Waals surface area (Å²) in [5, 5.41) is 15.7. The number of β-amino-alcohol motifs (C(OH)–C–C–N with tert-alkyl or cyclic N) is 1. The maximum absolute atomic E-state index is 12.4. The summed E-state index contributed by atoms with van der Waals surface area (Å²) in [6, 6.07) is 28.8. The van der Waals surface area contributed by atoms with Crippen LogP contribution in [0.5, 0.6) is 11.5 Å². The third-order valence-corrected chi connectivity index (χ3v) is 9.18. The molecule has 7 N–H and O–H groups in total. The summed E-state index contributed by atoms with van der Waals surface area (Å²) in [4.78, 5) is 29.4. The van der Waals surface area contributed by atoms with Crippen LogP contribution < -0.4 is 31.6 Å². The number of nitrogens with two attached hydrogens (primary N) is 2. The topological polar surface area (TPSA) is 155 Å². The molecule has 2 saturated heterocycles. The summed E-state index contributed by atoms with van der Waals surface area (Å²) in [5.74, 6) is 1.85. The number of nitrogens with one attached hydrogen (secondary N) is 2. The molecular weight excluding hydrogens is 681 g/mol. The fourth-order valence-electron chi connectivity index (χ4n) is 6.58. The highest BCUT2D eigenvalue weighted by atomic mass is 16.5. The first-order valence-electron chi connectivity index (χ1n) is 18.8. The van der Waals surface area contributed by atoms with Crippen molar-refractivity contribution in [2.24, 2.45) is 5.92 Å². The van der Waals surface area contributed by atoms with Crippen LogP contribution in [0.4, 0.5) is 22.7 Å². The molecule has 1 atom stereocenters. The molecule has 0 aliphatic carbocycles. The lowest BCUT2D eigenvalue weighted by Crippen LogP contribution is -2.54. The van der Waals surface area contributed by atoms with Gasteiger partial charge in [0.2, 0.25) is 0 Å². The molecule has 0 spiro atoms. The zero-order chi connectivity index (χ0) is 38.7. The van der Waals surface area contributed by atoms with E-state index >= 15 is 0 Å². The van der Waals surface area contributed by atoms with Gasteiger partial charge in [0.05, 0.1) is 34.5 Å². The van der Waals surface area contributed by atoms with Gasteiger partial charge in [0, 0.05) is 43.9 Å². The first kappa shape index (κ1) is 40.1. The first-order valence-corrected chi connectivity index (χ1v) is 18.8. The van der Waals surface area contributed by atoms with E-state index in [0.29, 0.717) is 46.3 Å². The highest BCUT2D eigenvalue weighted by Crippen LogP contribution is 2.24. The molecule has 288 valence electrons. The minimum absolute atomic E-state index is 0.144. The molecule has 4 aromatic rings. The van der Waals surface area contributed by atoms with E-state index in [1.165, 1.54) is 0 Å². The lowest BCUT2D eigenvalue weighted by molar-refractivity contribution is 0.0131. The summed E-state index contributed by atoms with van der Waals surface area (Å²) in [7, 11) is 0. The van der Waals surface area contributed by atoms with Gasteiger partial charge in [-0.25, -0.2) is 0 Å². The maximum Gasteiger partial charge on any atom is 0.255 e. The predicted molar refractivity (Wildman–Crippen MR) is 217 cm³/mol. The standard InChI is InChI=1S/C23H31N3O3.C20H25N3O2/c1-23(2,28)16-26-14-5-6-18(13-15-26)29-19-11-9-17(10-12-19)22(27)25-21-8-4-3-7-20(21)24;1-14(2)11-23-12-17(13-23)25-16-9-7-15(8-10-16)20(24)22-19-6-4-3-5-18(19)21/h3-4,7-12,18,28H,5-6,13-16,24H2,1-2H3,(H,25,27);3-10,14,17H,11-13,21H2,1-2H3,(H,22,24). The Morgan fingerprint density at radius 1 is 0.722 bits per heavy atom. The summed E-state index contributed by atoms with van der Waals surface area (Å²) in [6.07, 6.45) is 3.33. The smallest absolute Gasteiger partial charge is 0.255 e. The number of aliphatic hydroxyl groups is 1. The zero-order valence-corrected chi connectivity index (χ0v) is 32.0. The number of benzene rings is 4. The Labute approximate surface area is 319 Å². The van der Waals surface area contributed by atoms with E-state index in [1.54, 1.807) is 48.5 Å². The van der Waals surface area contributed by atoms with E-state index < -0.39 is 5.60 Å². The Kier molecular flexibility index (Phi) is 13.9. The van der Waals surface area contributed by atoms with Crippen LogP contribution in [0.3, 0.4) is 0 Å². The molecular formula is C43H56N6O5. The highest BCUT2D eigenvalue weighted by Gasteiger charge is 2.28. The van der Waals surface area contributed by atoms with E-state index in [1.807, 2.05) is 62.4 Å². The van der Waals surface area contributed by atoms with Crippen molar-refractivity contribution >= 4 is 34.6 Å². The second kappa shape index (κ2) is 18.8. The van der Waals surface area contributed by atoms with Crippen LogP contribution in [-0.2, 0) is 0 Å². The fraction of sp³-hybridized carbons (Fsp3) is 0.395. The monoisotopic (exact) mass is 736 g/mol. The second-order valence-corrected chi connectivity index (χ2v) is 15.2. The Morgan fingerprint density at radius 2 is 1.20 bits per heavy atom. The van der Waals surface area contributed by atoms with Gasteiger partial charge in [-0.05, 0) is 118 Å². The first-order chi connectivity index (χ1) is 25.8. The fourth-order valence-corrected chi connectivity index (χ4v) is 6.58. The van der Waals surface area contributed by atoms with Gasteiger partial charge in [-0.15, -0.1) is 0 Å². The number of nitrogen functional groups attached to an aromatic ring is 2. The number of likely N-dealkylation sites (tertiary alicyclic amines) is 2. The summed E-state index contributed by atoms with van der Waals surface area (Å²) < 4.78 is 12.1. The Bertz CT molecular complexity index is 1800. The van der Waals surface area contributed by atoms with Crippen LogP contribution in [0.15, 0.2) is 97.1 Å². The number of nitrogens with zero attached hydrogens (tertiary/aromatic N) is 2. The number of rotatable bonds is 12. The highest BCUT2D eigenvalue weighted by molar-refractivity contribution is 6.06. The molecule has 11 heteroatoms. The molecule has 6 rings (SSSR count). The second-order valence-electron chi connectivity index (χ2n) is 15.2. The normalized spacial score (nSPS) is 16.7. The number of hydrogen-bond donors (Lipinski definition) is 5. The number of carbonyl (C=O) groups excluding carboxylic acids is 2. The Hall–Kier alpha value is -5.10. The van der Waals surface area contributed by atoms with Crippen LogP contribution in [-0.4, -0.2) is 83.8 Å². The van der Waals surface area contributed by atoms with Crippen LogP contribution in [0.25, 0.3) is 0 Å². The van der Waals surface area contributed by atoms with E-state index in [-0.39, 0.29) is 24.0 Å². The molecule has 0 radical (unpaired) electrons. The molecule has 54 heavy (non-hydrogen) atoms. The molecule has 1 unspecified atom stereocenters. The lowest BCUT2D eigenvalue weighted by atomic mass is 10.1. The van der Waals surface area contributed by atoms with Crippen molar-refractivity contribution in [3.05, 3.63) is 108 Å². The largest absolute Gasteiger partial charge is 0.490 e. The number of anilines is 4. The van der Waals surface area contributed by atoms with E-state index in [4.69, 9.17) is 20.9 Å². The van der Waals surface area contributed by atoms with Crippen molar-refractivity contribution in [1.82, 2.24) is 9.80 Å². The van der Waals surface area contributed by atoms with Gasteiger partial charge in [-0.3, -0.25) is 14.5 Å². The number of carbonyl (C=O) groups is 2. The van der Waals surface area contributed by atoms with E-state index in [2.05, 4.69) is 34.3 Å².